The fourth-order valence-corrected chi connectivity index (χ4v) is 13.1. The van der Waals surface area contributed by atoms with Crippen LogP contribution in [0.4, 0.5) is 41.5 Å². The van der Waals surface area contributed by atoms with Crippen molar-refractivity contribution in [3.8, 4) is 0 Å². The summed E-state index contributed by atoms with van der Waals surface area (Å²) in [6.07, 6.45) is 20.7. The van der Waals surface area contributed by atoms with Crippen molar-refractivity contribution in [2.45, 2.75) is 217 Å². The molecule has 7 aliphatic rings. The van der Waals surface area contributed by atoms with Gasteiger partial charge >= 0.3 is 30.5 Å². The lowest BCUT2D eigenvalue weighted by atomic mass is 10.1. The molecule has 25 nitrogen and oxygen atoms in total. The lowest BCUT2D eigenvalue weighted by Gasteiger charge is -2.22. The van der Waals surface area contributed by atoms with Crippen molar-refractivity contribution in [2.24, 2.45) is 5.73 Å². The Morgan fingerprint density at radius 3 is 1.33 bits per heavy atom. The van der Waals surface area contributed by atoms with Crippen molar-refractivity contribution < 1.29 is 95.5 Å². The van der Waals surface area contributed by atoms with E-state index < -0.39 is 61.3 Å². The number of carbonyl (C=O) groups is 5. The van der Waals surface area contributed by atoms with Gasteiger partial charge in [-0.15, -0.1) is 39.5 Å². The SMILES string of the molecule is C.C=CCCCBr.C=CCCCN(CC=C)C(=O)OCc1ccccc1.C=CCCCNCC=C.C=CCN.CO.O=C(OCc1ccccc1)N1CC=CCCC1.O=C(OCc1ccccc1)N1CCCC2OC2C1.O=C(OCc1ccccc1)N1CCC[C@@H](F)[C@H](O)C1.O=C(OCc1ccccc1)N1CCC[C@@H](O)[C@H](F)C1.O[C@@H]1CCCNC[C@H]1F.O[C@@H]1CNCCC[C@H]1F. The molecule has 5 amide bonds. The first-order valence-electron chi connectivity index (χ1n) is 45.5. The second kappa shape index (κ2) is 79.9. The minimum absolute atomic E-state index is 0. The Hall–Kier alpha value is -9.57. The summed E-state index contributed by atoms with van der Waals surface area (Å²) in [5, 5.41) is 53.9. The molecule has 12 rings (SSSR count). The molecule has 5 aromatic rings. The van der Waals surface area contributed by atoms with Crippen LogP contribution in [-0.2, 0) is 61.5 Å². The van der Waals surface area contributed by atoms with Crippen LogP contribution in [0.5, 0.6) is 0 Å². The number of aliphatic hydroxyl groups excluding tert-OH is 5. The number of hydrogen-bond donors (Lipinski definition) is 9. The summed E-state index contributed by atoms with van der Waals surface area (Å²) in [6, 6.07) is 47.8. The number of allylic oxidation sites excluding steroid dienone is 4. The quantitative estimate of drug-likeness (QED) is 0.00620. The summed E-state index contributed by atoms with van der Waals surface area (Å²) in [7, 11) is 1.00. The van der Waals surface area contributed by atoms with Crippen LogP contribution in [0.1, 0.15) is 151 Å². The number of fused-ring (bicyclic) bond motifs is 1. The molecule has 5 aromatic carbocycles. The Balaban J connectivity index is 0.000000750. The van der Waals surface area contributed by atoms with Gasteiger partial charge in [-0.25, -0.2) is 41.5 Å². The number of hydrogen-bond acceptors (Lipinski definition) is 20. The van der Waals surface area contributed by atoms with Crippen LogP contribution in [0.3, 0.4) is 0 Å². The van der Waals surface area contributed by atoms with E-state index in [1.807, 2.05) is 182 Å². The summed E-state index contributed by atoms with van der Waals surface area (Å²) in [4.78, 5) is 67.2. The molecule has 6 saturated heterocycles. The molecule has 0 radical (unpaired) electrons. The second-order valence-corrected chi connectivity index (χ2v) is 31.8. The second-order valence-electron chi connectivity index (χ2n) is 31.0. The molecule has 0 bridgehead atoms. The zero-order chi connectivity index (χ0) is 96.1. The van der Waals surface area contributed by atoms with Gasteiger partial charge in [0.05, 0.1) is 44.1 Å². The third-order valence-electron chi connectivity index (χ3n) is 20.2. The number of amides is 5. The topological polar surface area (TPSA) is 323 Å². The maximum Gasteiger partial charge on any atom is 0.410 e. The number of β-amino-alcohol motifs (C(OH)–C–C–N with tert-alkyl or cyclic N) is 2. The number of nitrogens with two attached hydrogens (primary N) is 1. The third kappa shape index (κ3) is 59.1. The Morgan fingerprint density at radius 1 is 0.462 bits per heavy atom. The number of alkyl halides is 5. The molecule has 30 heteroatoms. The summed E-state index contributed by atoms with van der Waals surface area (Å²) in [5.74, 6) is 0. The first kappa shape index (κ1) is 120. The largest absolute Gasteiger partial charge is 0.445 e. The average molecular weight is 1920 g/mol. The maximum absolute atomic E-state index is 13.5. The summed E-state index contributed by atoms with van der Waals surface area (Å²) < 4.78 is 83.5. The van der Waals surface area contributed by atoms with E-state index in [4.69, 9.17) is 49.5 Å². The zero-order valence-corrected chi connectivity index (χ0v) is 78.6. The monoisotopic (exact) mass is 1920 g/mol. The van der Waals surface area contributed by atoms with Crippen LogP contribution < -0.4 is 21.7 Å². The van der Waals surface area contributed by atoms with Crippen molar-refractivity contribution >= 4 is 46.4 Å². The Morgan fingerprint density at radius 2 is 0.864 bits per heavy atom. The highest BCUT2D eigenvalue weighted by atomic mass is 79.9. The average Bonchev–Trinajstić information content (AvgIpc) is 1.67. The standard InChI is InChI=1S/C16H21NO2.2C14H18FNO3.C14H17NO3.C14H17NO2.C8H15N.2C6H12FNO.C5H9Br.C3H7N.CH4O.CH4/c1-3-5-9-13-17(12-4-2)16(18)19-14-15-10-7-6-8-11-15;15-12-9-16(8-4-7-13(12)17)14(18)19-10-11-5-2-1-3-6-11;15-12-7-4-8-16(9-13(12)17)14(18)19-10-11-5-2-1-3-6-11;16-14(17-10-11-5-2-1-3-6-11)15-8-4-7-12-13(9-15)18-12;16-14(15-10-6-1-2-7-11-15)17-12-13-8-4-3-5-9-13;1-3-5-6-8-9-7-4-2;7-5-4-8-3-1-2-6(5)9;7-5-2-1-3-8-4-6(5)9;1-2-3-4-5-6;1-2-3-4;1-2;/h3-4,6-8,10-11H,1-2,5,9,12-14H2;2*1-3,5-6,12-13,17H,4,7-10H2;1-3,5-6,12-13H,4,7-10H2;1,3-6,8-9H,2,7,10-12H2;3-4,9H,1-2,5-8H2;2*5-6,8-9H,1-4H2;2H,1,3-5H2;2H,1,3-4H2;2H,1H3;1H4/t;2*12-,13-;;;;2*5-,6-;;;;/m.11...11..../s1. The normalized spacial score (nSPS) is 20.2. The molecule has 0 aromatic heterocycles. The van der Waals surface area contributed by atoms with Gasteiger partial charge in [0.25, 0.3) is 0 Å². The number of nitrogens with zero attached hydrogens (tertiary/aromatic N) is 5. The number of aliphatic hydroxyl groups is 5. The van der Waals surface area contributed by atoms with E-state index in [0.29, 0.717) is 117 Å². The molecule has 0 saturated carbocycles. The smallest absolute Gasteiger partial charge is 0.410 e. The van der Waals surface area contributed by atoms with Crippen molar-refractivity contribution in [2.75, 3.05) is 124 Å². The molecule has 0 aliphatic carbocycles. The molecule has 738 valence electrons. The van der Waals surface area contributed by atoms with E-state index >= 15 is 0 Å². The number of likely N-dealkylation sites (tertiary alicyclic amines) is 3. The van der Waals surface area contributed by atoms with Gasteiger partial charge in [0, 0.05) is 84.4 Å². The third-order valence-corrected chi connectivity index (χ3v) is 20.8. The van der Waals surface area contributed by atoms with Crippen LogP contribution in [0.15, 0.2) is 240 Å². The van der Waals surface area contributed by atoms with Crippen LogP contribution in [0, 0.1) is 0 Å². The van der Waals surface area contributed by atoms with Gasteiger partial charge < -0.3 is 100 Å². The summed E-state index contributed by atoms with van der Waals surface area (Å²) in [6.45, 7) is 32.6. The highest BCUT2D eigenvalue weighted by Gasteiger charge is 2.43. The van der Waals surface area contributed by atoms with Gasteiger partial charge in [0.1, 0.15) is 69.9 Å². The highest BCUT2D eigenvalue weighted by molar-refractivity contribution is 9.09. The molecule has 7 heterocycles. The predicted octanol–water partition coefficient (Wildman–Crippen LogP) is 17.8. The summed E-state index contributed by atoms with van der Waals surface area (Å²) in [5.41, 5.74) is 9.72. The number of epoxide rings is 1. The van der Waals surface area contributed by atoms with E-state index in [0.717, 1.165) is 144 Å². The van der Waals surface area contributed by atoms with Gasteiger partial charge in [-0.3, -0.25) is 0 Å². The number of halogens is 5. The van der Waals surface area contributed by atoms with E-state index in [-0.39, 0.29) is 64.5 Å². The van der Waals surface area contributed by atoms with Crippen molar-refractivity contribution in [3.05, 3.63) is 268 Å². The number of carbonyl (C=O) groups excluding carboxylic acids is 5. The lowest BCUT2D eigenvalue weighted by Crippen LogP contribution is -2.38. The van der Waals surface area contributed by atoms with Gasteiger partial charge in [-0.2, -0.15) is 0 Å². The molecular formula is C102H154BrF4N9O16. The number of rotatable bonds is 26. The van der Waals surface area contributed by atoms with Gasteiger partial charge in [0.15, 0.2) is 0 Å². The Labute approximate surface area is 792 Å². The van der Waals surface area contributed by atoms with Crippen LogP contribution >= 0.6 is 15.9 Å². The molecule has 10 N–H and O–H groups in total. The van der Waals surface area contributed by atoms with Crippen LogP contribution in [0.25, 0.3) is 0 Å². The molecule has 10 atom stereocenters. The first-order chi connectivity index (χ1) is 63.6. The van der Waals surface area contributed by atoms with Crippen molar-refractivity contribution in [3.63, 3.8) is 0 Å². The fraction of sp³-hybridized carbons (Fsp3) is 0.520. The van der Waals surface area contributed by atoms with Gasteiger partial charge in [-0.05, 0) is 163 Å². The molecule has 132 heavy (non-hydrogen) atoms. The Bertz CT molecular complexity index is 3670. The predicted molar refractivity (Wildman–Crippen MR) is 523 cm³/mol. The fourth-order valence-electron chi connectivity index (χ4n) is 12.7. The van der Waals surface area contributed by atoms with Gasteiger partial charge in [-0.1, -0.05) is 224 Å². The minimum Gasteiger partial charge on any atom is -0.445 e. The maximum atomic E-state index is 13.5. The van der Waals surface area contributed by atoms with Crippen LogP contribution in [-0.4, -0.2) is 266 Å². The number of unbranched alkanes of at least 4 members (excludes halogenated alkanes) is 3. The molecule has 0 spiro atoms. The molecule has 6 fully saturated rings. The number of nitrogens with one attached hydrogen (secondary N) is 3. The van der Waals surface area contributed by atoms with E-state index in [9.17, 15) is 51.7 Å². The Kier molecular flexibility index (Phi) is 72.9. The zero-order valence-electron chi connectivity index (χ0n) is 77.0. The molecule has 7 aliphatic heterocycles. The lowest BCUT2D eigenvalue weighted by molar-refractivity contribution is 0.0461. The highest BCUT2D eigenvalue weighted by Crippen LogP contribution is 2.31. The van der Waals surface area contributed by atoms with Crippen LogP contribution in [0.2, 0.25) is 0 Å². The van der Waals surface area contributed by atoms with E-state index in [2.05, 4.69) is 77.4 Å². The van der Waals surface area contributed by atoms with Crippen molar-refractivity contribution in [1.82, 2.24) is 40.4 Å². The molecule has 2 unspecified atom stereocenters. The first-order valence-corrected chi connectivity index (χ1v) is 46.6. The molecular weight excluding hydrogens is 1760 g/mol. The number of ether oxygens (including phenoxy) is 6. The van der Waals surface area contributed by atoms with E-state index in [1.54, 1.807) is 26.9 Å². The number of benzene rings is 5. The van der Waals surface area contributed by atoms with Crippen molar-refractivity contribution in [1.29, 1.82) is 0 Å². The van der Waals surface area contributed by atoms with Gasteiger partial charge in [0.2, 0.25) is 0 Å². The minimum atomic E-state index is -1.40. The summed E-state index contributed by atoms with van der Waals surface area (Å²) >= 11 is 3.30. The van der Waals surface area contributed by atoms with E-state index in [1.165, 1.54) is 22.6 Å².